The molecule has 1 aromatic heterocycles. The molecular formula is C11H16BrNO2. The highest BCUT2D eigenvalue weighted by atomic mass is 79.9. The van der Waals surface area contributed by atoms with Crippen LogP contribution in [0.15, 0.2) is 21.2 Å². The molecule has 2 rings (SSSR count). The molecule has 2 heterocycles. The van der Waals surface area contributed by atoms with Crippen LogP contribution in [0.25, 0.3) is 0 Å². The molecule has 0 spiro atoms. The van der Waals surface area contributed by atoms with Gasteiger partial charge in [-0.2, -0.15) is 0 Å². The van der Waals surface area contributed by atoms with Gasteiger partial charge in [0.2, 0.25) is 0 Å². The Balaban J connectivity index is 2.16. The first-order valence-corrected chi connectivity index (χ1v) is 5.85. The summed E-state index contributed by atoms with van der Waals surface area (Å²) in [5.41, 5.74) is -0.315. The predicted molar refractivity (Wildman–Crippen MR) is 61.5 cm³/mol. The Labute approximate surface area is 98.3 Å². The van der Waals surface area contributed by atoms with Gasteiger partial charge in [-0.3, -0.25) is 5.32 Å². The van der Waals surface area contributed by atoms with Crippen molar-refractivity contribution in [2.24, 2.45) is 5.41 Å². The van der Waals surface area contributed by atoms with Gasteiger partial charge in [0.1, 0.15) is 0 Å². The molecule has 0 amide bonds. The molecule has 15 heavy (non-hydrogen) atoms. The summed E-state index contributed by atoms with van der Waals surface area (Å²) < 4.78 is 12.1. The minimum Gasteiger partial charge on any atom is -0.450 e. The highest BCUT2D eigenvalue weighted by molar-refractivity contribution is 9.10. The van der Waals surface area contributed by atoms with Gasteiger partial charge in [-0.05, 0) is 35.0 Å². The van der Waals surface area contributed by atoms with Crippen molar-refractivity contribution in [3.05, 3.63) is 22.6 Å². The molecule has 1 aliphatic rings. The van der Waals surface area contributed by atoms with Gasteiger partial charge in [0, 0.05) is 12.0 Å². The lowest BCUT2D eigenvalue weighted by atomic mass is 9.92. The summed E-state index contributed by atoms with van der Waals surface area (Å²) in [7, 11) is 0. The van der Waals surface area contributed by atoms with Crippen molar-refractivity contribution in [1.29, 1.82) is 0 Å². The highest BCUT2D eigenvalue weighted by Crippen LogP contribution is 2.32. The number of nitrogens with one attached hydrogen (secondary N) is 1. The van der Waals surface area contributed by atoms with Crippen LogP contribution in [0.5, 0.6) is 0 Å². The van der Waals surface area contributed by atoms with Crippen molar-refractivity contribution in [3.8, 4) is 0 Å². The second-order valence-corrected chi connectivity index (χ2v) is 5.73. The zero-order chi connectivity index (χ0) is 11.1. The molecule has 3 nitrogen and oxygen atoms in total. The van der Waals surface area contributed by atoms with E-state index >= 15 is 0 Å². The fraction of sp³-hybridized carbons (Fsp3) is 0.636. The quantitative estimate of drug-likeness (QED) is 0.855. The van der Waals surface area contributed by atoms with Gasteiger partial charge < -0.3 is 9.15 Å². The number of rotatable bonds is 1. The number of hydrogen-bond donors (Lipinski definition) is 1. The monoisotopic (exact) mass is 273 g/mol. The van der Waals surface area contributed by atoms with Crippen molar-refractivity contribution in [3.63, 3.8) is 0 Å². The second kappa shape index (κ2) is 3.61. The number of halogens is 1. The first-order valence-electron chi connectivity index (χ1n) is 5.06. The van der Waals surface area contributed by atoms with Crippen molar-refractivity contribution in [2.45, 2.75) is 26.5 Å². The van der Waals surface area contributed by atoms with E-state index in [2.05, 4.69) is 35.1 Å². The molecule has 1 unspecified atom stereocenters. The van der Waals surface area contributed by atoms with Crippen LogP contribution in [0.1, 0.15) is 26.5 Å². The minimum absolute atomic E-state index is 0.184. The Morgan fingerprint density at radius 2 is 2.07 bits per heavy atom. The van der Waals surface area contributed by atoms with Gasteiger partial charge in [-0.15, -0.1) is 0 Å². The Bertz CT molecular complexity index is 349. The van der Waals surface area contributed by atoms with Gasteiger partial charge in [0.15, 0.2) is 16.2 Å². The molecular weight excluding hydrogens is 258 g/mol. The third-order valence-corrected chi connectivity index (χ3v) is 3.13. The SMILES string of the molecule is CC1(C)CNC(C)(c2ccc(Br)o2)OC1. The molecule has 1 fully saturated rings. The van der Waals surface area contributed by atoms with Gasteiger partial charge in [0.25, 0.3) is 0 Å². The summed E-state index contributed by atoms with van der Waals surface area (Å²) in [6.07, 6.45) is 0. The van der Waals surface area contributed by atoms with E-state index in [1.54, 1.807) is 0 Å². The molecule has 1 N–H and O–H groups in total. The summed E-state index contributed by atoms with van der Waals surface area (Å²) in [5, 5.41) is 3.38. The molecule has 1 saturated heterocycles. The van der Waals surface area contributed by atoms with E-state index in [0.717, 1.165) is 23.6 Å². The normalized spacial score (nSPS) is 30.4. The van der Waals surface area contributed by atoms with Gasteiger partial charge >= 0.3 is 0 Å². The van der Waals surface area contributed by atoms with Crippen LogP contribution in [-0.4, -0.2) is 13.2 Å². The first kappa shape index (κ1) is 11.2. The van der Waals surface area contributed by atoms with Crippen molar-refractivity contribution < 1.29 is 9.15 Å². The van der Waals surface area contributed by atoms with Crippen LogP contribution in [0.4, 0.5) is 0 Å². The summed E-state index contributed by atoms with van der Waals surface area (Å²) in [6.45, 7) is 8.00. The average Bonchev–Trinajstić information content (AvgIpc) is 2.59. The van der Waals surface area contributed by atoms with Crippen LogP contribution in [-0.2, 0) is 10.5 Å². The van der Waals surface area contributed by atoms with Crippen LogP contribution < -0.4 is 5.32 Å². The van der Waals surface area contributed by atoms with E-state index in [0.29, 0.717) is 0 Å². The van der Waals surface area contributed by atoms with Gasteiger partial charge in [-0.1, -0.05) is 13.8 Å². The molecule has 1 aromatic rings. The molecule has 0 bridgehead atoms. The molecule has 0 aliphatic carbocycles. The first-order chi connectivity index (χ1) is 6.91. The van der Waals surface area contributed by atoms with Gasteiger partial charge in [-0.25, -0.2) is 0 Å². The third kappa shape index (κ3) is 2.27. The van der Waals surface area contributed by atoms with E-state index in [-0.39, 0.29) is 5.41 Å². The van der Waals surface area contributed by atoms with Crippen molar-refractivity contribution in [1.82, 2.24) is 5.32 Å². The summed E-state index contributed by atoms with van der Waals surface area (Å²) in [6, 6.07) is 3.81. The van der Waals surface area contributed by atoms with Crippen molar-refractivity contribution >= 4 is 15.9 Å². The molecule has 84 valence electrons. The number of furan rings is 1. The summed E-state index contributed by atoms with van der Waals surface area (Å²) in [5.74, 6) is 0.810. The maximum Gasteiger partial charge on any atom is 0.175 e. The van der Waals surface area contributed by atoms with Crippen LogP contribution in [0.2, 0.25) is 0 Å². The minimum atomic E-state index is -0.498. The summed E-state index contributed by atoms with van der Waals surface area (Å²) in [4.78, 5) is 0. The Morgan fingerprint density at radius 1 is 1.33 bits per heavy atom. The van der Waals surface area contributed by atoms with E-state index in [4.69, 9.17) is 9.15 Å². The lowest BCUT2D eigenvalue weighted by Crippen LogP contribution is -2.53. The van der Waals surface area contributed by atoms with Crippen LogP contribution in [0, 0.1) is 5.41 Å². The summed E-state index contributed by atoms with van der Waals surface area (Å²) >= 11 is 3.30. The molecule has 0 aromatic carbocycles. The van der Waals surface area contributed by atoms with Crippen molar-refractivity contribution in [2.75, 3.05) is 13.2 Å². The van der Waals surface area contributed by atoms with Crippen LogP contribution in [0.3, 0.4) is 0 Å². The molecule has 4 heteroatoms. The molecule has 1 aliphatic heterocycles. The highest BCUT2D eigenvalue weighted by Gasteiger charge is 2.38. The van der Waals surface area contributed by atoms with E-state index in [1.165, 1.54) is 0 Å². The van der Waals surface area contributed by atoms with Gasteiger partial charge in [0.05, 0.1) is 6.61 Å². The maximum atomic E-state index is 5.85. The topological polar surface area (TPSA) is 34.4 Å². The molecule has 0 saturated carbocycles. The maximum absolute atomic E-state index is 5.85. The Morgan fingerprint density at radius 3 is 2.53 bits per heavy atom. The fourth-order valence-corrected chi connectivity index (χ4v) is 1.89. The van der Waals surface area contributed by atoms with E-state index in [9.17, 15) is 0 Å². The Hall–Kier alpha value is -0.320. The molecule has 0 radical (unpaired) electrons. The fourth-order valence-electron chi connectivity index (χ4n) is 1.58. The average molecular weight is 274 g/mol. The lowest BCUT2D eigenvalue weighted by molar-refractivity contribution is -0.142. The predicted octanol–water partition coefficient (Wildman–Crippen LogP) is 2.86. The number of ether oxygens (including phenoxy) is 1. The standard InChI is InChI=1S/C11H16BrNO2/c1-10(2)6-13-11(3,14-7-10)8-4-5-9(12)15-8/h4-5,13H,6-7H2,1-3H3. The van der Waals surface area contributed by atoms with E-state index < -0.39 is 5.72 Å². The lowest BCUT2D eigenvalue weighted by Gasteiger charge is -2.41. The third-order valence-electron chi connectivity index (χ3n) is 2.70. The molecule has 1 atom stereocenters. The number of hydrogen-bond acceptors (Lipinski definition) is 3. The Kier molecular flexibility index (Phi) is 2.69. The zero-order valence-electron chi connectivity index (χ0n) is 9.26. The van der Waals surface area contributed by atoms with E-state index in [1.807, 2.05) is 19.1 Å². The zero-order valence-corrected chi connectivity index (χ0v) is 10.8. The smallest absolute Gasteiger partial charge is 0.175 e. The van der Waals surface area contributed by atoms with Crippen LogP contribution >= 0.6 is 15.9 Å². The largest absolute Gasteiger partial charge is 0.450 e. The second-order valence-electron chi connectivity index (χ2n) is 4.94.